The highest BCUT2D eigenvalue weighted by molar-refractivity contribution is 14.0. The highest BCUT2D eigenvalue weighted by atomic mass is 127. The van der Waals surface area contributed by atoms with Gasteiger partial charge < -0.3 is 20.1 Å². The largest absolute Gasteiger partial charge is 0.490 e. The van der Waals surface area contributed by atoms with Crippen LogP contribution in [0.5, 0.6) is 5.75 Å². The van der Waals surface area contributed by atoms with Crippen LogP contribution in [0.2, 0.25) is 0 Å². The minimum Gasteiger partial charge on any atom is -0.490 e. The Labute approximate surface area is 168 Å². The van der Waals surface area contributed by atoms with Gasteiger partial charge in [0.25, 0.3) is 0 Å². The summed E-state index contributed by atoms with van der Waals surface area (Å²) in [6.07, 6.45) is 7.88. The van der Waals surface area contributed by atoms with Crippen LogP contribution in [0.1, 0.15) is 44.1 Å². The van der Waals surface area contributed by atoms with Gasteiger partial charge in [-0.05, 0) is 44.6 Å². The van der Waals surface area contributed by atoms with Crippen LogP contribution in [0.3, 0.4) is 0 Å². The third kappa shape index (κ3) is 6.33. The van der Waals surface area contributed by atoms with Gasteiger partial charge in [-0.25, -0.2) is 0 Å². The highest BCUT2D eigenvalue weighted by Crippen LogP contribution is 2.26. The molecular formula is C19H30IN3O2. The number of hydrogen-bond donors (Lipinski definition) is 2. The first-order chi connectivity index (χ1) is 11.8. The van der Waals surface area contributed by atoms with Gasteiger partial charge in [-0.15, -0.1) is 24.0 Å². The zero-order chi connectivity index (χ0) is 16.6. The monoisotopic (exact) mass is 459 g/mol. The molecule has 1 saturated heterocycles. The smallest absolute Gasteiger partial charge is 0.191 e. The van der Waals surface area contributed by atoms with Crippen molar-refractivity contribution < 1.29 is 9.47 Å². The van der Waals surface area contributed by atoms with Crippen molar-refractivity contribution in [3.63, 3.8) is 0 Å². The number of rotatable bonds is 6. The number of halogens is 1. The Hall–Kier alpha value is -1.02. The minimum atomic E-state index is 0. The van der Waals surface area contributed by atoms with Crippen LogP contribution in [0, 0.1) is 0 Å². The lowest BCUT2D eigenvalue weighted by atomic mass is 10.2. The summed E-state index contributed by atoms with van der Waals surface area (Å²) in [5, 5.41) is 6.73. The Balaban J connectivity index is 0.00000225. The molecule has 0 bridgehead atoms. The third-order valence-electron chi connectivity index (χ3n) is 4.76. The zero-order valence-electron chi connectivity index (χ0n) is 15.0. The van der Waals surface area contributed by atoms with E-state index in [0.717, 1.165) is 37.7 Å². The lowest BCUT2D eigenvalue weighted by molar-refractivity contribution is 0.114. The number of aliphatic imine (C=N–C) groups is 1. The fourth-order valence-corrected chi connectivity index (χ4v) is 3.37. The fourth-order valence-electron chi connectivity index (χ4n) is 3.37. The van der Waals surface area contributed by atoms with Crippen LogP contribution in [0.15, 0.2) is 29.3 Å². The van der Waals surface area contributed by atoms with Crippen molar-refractivity contribution in [2.45, 2.75) is 57.3 Å². The molecule has 2 N–H and O–H groups in total. The van der Waals surface area contributed by atoms with E-state index in [1.54, 1.807) is 7.05 Å². The Morgan fingerprint density at radius 2 is 1.96 bits per heavy atom. The second-order valence-corrected chi connectivity index (χ2v) is 6.57. The van der Waals surface area contributed by atoms with Gasteiger partial charge in [0.1, 0.15) is 5.75 Å². The van der Waals surface area contributed by atoms with Gasteiger partial charge >= 0.3 is 0 Å². The van der Waals surface area contributed by atoms with Crippen LogP contribution in [-0.4, -0.2) is 38.4 Å². The van der Waals surface area contributed by atoms with Gasteiger partial charge in [-0.1, -0.05) is 18.2 Å². The molecule has 1 saturated carbocycles. The Kier molecular flexibility index (Phi) is 8.81. The van der Waals surface area contributed by atoms with Crippen molar-refractivity contribution in [1.82, 2.24) is 10.6 Å². The predicted molar refractivity (Wildman–Crippen MR) is 112 cm³/mol. The summed E-state index contributed by atoms with van der Waals surface area (Å²) in [4.78, 5) is 4.30. The number of nitrogens with zero attached hydrogens (tertiary/aromatic N) is 1. The number of ether oxygens (including phenoxy) is 2. The van der Waals surface area contributed by atoms with Gasteiger partial charge in [0.2, 0.25) is 0 Å². The van der Waals surface area contributed by atoms with E-state index >= 15 is 0 Å². The van der Waals surface area contributed by atoms with Crippen molar-refractivity contribution >= 4 is 29.9 Å². The molecular weight excluding hydrogens is 429 g/mol. The number of para-hydroxylation sites is 1. The second kappa shape index (κ2) is 10.9. The van der Waals surface area contributed by atoms with Crippen molar-refractivity contribution in [3.8, 4) is 5.75 Å². The van der Waals surface area contributed by atoms with Crippen molar-refractivity contribution in [2.75, 3.05) is 20.2 Å². The molecule has 140 valence electrons. The standard InChI is InChI=1S/C19H29N3O2.HI/c1-20-19(22-14-17-10-6-12-23-17)21-13-15-7-2-5-11-18(15)24-16-8-3-4-9-16;/h2,5,7,11,16-17H,3-4,6,8-10,12-14H2,1H3,(H2,20,21,22);1H. The van der Waals surface area contributed by atoms with Gasteiger partial charge in [0, 0.05) is 32.3 Å². The molecule has 1 aromatic rings. The minimum absolute atomic E-state index is 0. The topological polar surface area (TPSA) is 54.9 Å². The molecule has 1 aliphatic carbocycles. The predicted octanol–water partition coefficient (Wildman–Crippen LogP) is 3.47. The van der Waals surface area contributed by atoms with E-state index in [0.29, 0.717) is 18.8 Å². The average Bonchev–Trinajstić information content (AvgIpc) is 3.30. The van der Waals surface area contributed by atoms with E-state index in [1.165, 1.54) is 31.2 Å². The van der Waals surface area contributed by atoms with E-state index in [-0.39, 0.29) is 24.0 Å². The van der Waals surface area contributed by atoms with Gasteiger partial charge in [0.05, 0.1) is 12.2 Å². The van der Waals surface area contributed by atoms with E-state index in [9.17, 15) is 0 Å². The highest BCUT2D eigenvalue weighted by Gasteiger charge is 2.18. The molecule has 0 amide bonds. The van der Waals surface area contributed by atoms with E-state index in [2.05, 4.69) is 33.8 Å². The van der Waals surface area contributed by atoms with Gasteiger partial charge in [-0.3, -0.25) is 4.99 Å². The van der Waals surface area contributed by atoms with Crippen LogP contribution in [0.25, 0.3) is 0 Å². The lowest BCUT2D eigenvalue weighted by Crippen LogP contribution is -2.40. The Bertz CT molecular complexity index is 541. The summed E-state index contributed by atoms with van der Waals surface area (Å²) >= 11 is 0. The number of hydrogen-bond acceptors (Lipinski definition) is 3. The molecule has 2 fully saturated rings. The molecule has 5 nitrogen and oxygen atoms in total. The summed E-state index contributed by atoms with van der Waals surface area (Å²) in [6.45, 7) is 2.39. The molecule has 0 radical (unpaired) electrons. The van der Waals surface area contributed by atoms with Crippen LogP contribution in [0.4, 0.5) is 0 Å². The molecule has 2 aliphatic rings. The SMILES string of the molecule is CN=C(NCc1ccccc1OC1CCCC1)NCC1CCCO1.I. The second-order valence-electron chi connectivity index (χ2n) is 6.57. The molecule has 1 aliphatic heterocycles. The molecule has 0 spiro atoms. The Morgan fingerprint density at radius 3 is 2.68 bits per heavy atom. The molecule has 6 heteroatoms. The maximum Gasteiger partial charge on any atom is 0.191 e. The first-order valence-corrected chi connectivity index (χ1v) is 9.16. The van der Waals surface area contributed by atoms with Gasteiger partial charge in [0.15, 0.2) is 5.96 Å². The summed E-state index contributed by atoms with van der Waals surface area (Å²) in [5.74, 6) is 1.80. The molecule has 3 rings (SSSR count). The average molecular weight is 459 g/mol. The summed E-state index contributed by atoms with van der Waals surface area (Å²) in [6, 6.07) is 8.28. The summed E-state index contributed by atoms with van der Waals surface area (Å²) in [7, 11) is 1.80. The van der Waals surface area contributed by atoms with Crippen molar-refractivity contribution in [3.05, 3.63) is 29.8 Å². The quantitative estimate of drug-likeness (QED) is 0.389. The van der Waals surface area contributed by atoms with Crippen LogP contribution in [-0.2, 0) is 11.3 Å². The lowest BCUT2D eigenvalue weighted by Gasteiger charge is -2.18. The van der Waals surface area contributed by atoms with E-state index in [4.69, 9.17) is 9.47 Å². The van der Waals surface area contributed by atoms with E-state index < -0.39 is 0 Å². The first kappa shape index (κ1) is 20.3. The molecule has 1 unspecified atom stereocenters. The van der Waals surface area contributed by atoms with Crippen LogP contribution < -0.4 is 15.4 Å². The van der Waals surface area contributed by atoms with Gasteiger partial charge in [-0.2, -0.15) is 0 Å². The first-order valence-electron chi connectivity index (χ1n) is 9.16. The summed E-state index contributed by atoms with van der Waals surface area (Å²) in [5.41, 5.74) is 1.17. The molecule has 0 aromatic heterocycles. The molecule has 1 atom stereocenters. The van der Waals surface area contributed by atoms with Crippen molar-refractivity contribution in [1.29, 1.82) is 0 Å². The van der Waals surface area contributed by atoms with E-state index in [1.807, 2.05) is 6.07 Å². The fraction of sp³-hybridized carbons (Fsp3) is 0.632. The molecule has 1 heterocycles. The number of guanidine groups is 1. The number of benzene rings is 1. The third-order valence-corrected chi connectivity index (χ3v) is 4.76. The Morgan fingerprint density at radius 1 is 1.16 bits per heavy atom. The maximum absolute atomic E-state index is 6.19. The molecule has 1 aromatic carbocycles. The maximum atomic E-state index is 6.19. The van der Waals surface area contributed by atoms with Crippen molar-refractivity contribution in [2.24, 2.45) is 4.99 Å². The molecule has 25 heavy (non-hydrogen) atoms. The normalized spacial score (nSPS) is 21.0. The number of nitrogens with one attached hydrogen (secondary N) is 2. The zero-order valence-corrected chi connectivity index (χ0v) is 17.3. The van der Waals surface area contributed by atoms with Crippen LogP contribution >= 0.6 is 24.0 Å². The summed E-state index contributed by atoms with van der Waals surface area (Å²) < 4.78 is 11.8.